The quantitative estimate of drug-likeness (QED) is 0.790. The maximum Gasteiger partial charge on any atom is 0.254 e. The highest BCUT2D eigenvalue weighted by atomic mass is 16.2. The summed E-state index contributed by atoms with van der Waals surface area (Å²) >= 11 is 0. The summed E-state index contributed by atoms with van der Waals surface area (Å²) in [7, 11) is 1.77. The minimum atomic E-state index is -0.0350. The normalized spacial score (nSPS) is 10.7. The largest absolute Gasteiger partial charge is 0.336 e. The van der Waals surface area contributed by atoms with Crippen LogP contribution in [0.15, 0.2) is 48.8 Å². The molecule has 1 N–H and O–H groups in total. The molecule has 5 nitrogen and oxygen atoms in total. The van der Waals surface area contributed by atoms with Gasteiger partial charge < -0.3 is 4.90 Å². The lowest BCUT2D eigenvalue weighted by Crippen LogP contribution is -2.26. The van der Waals surface area contributed by atoms with Gasteiger partial charge in [0.1, 0.15) is 0 Å². The zero-order valence-corrected chi connectivity index (χ0v) is 11.1. The number of hydrogen-bond donors (Lipinski definition) is 1. The number of carbonyl (C=O) groups excluding carboxylic acids is 1. The Kier molecular flexibility index (Phi) is 3.16. The number of benzene rings is 1. The van der Waals surface area contributed by atoms with Gasteiger partial charge in [0.05, 0.1) is 24.0 Å². The Balaban J connectivity index is 1.80. The first-order chi connectivity index (χ1) is 9.74. The Hall–Kier alpha value is -2.69. The first kappa shape index (κ1) is 12.3. The van der Waals surface area contributed by atoms with Crippen molar-refractivity contribution in [3.8, 4) is 0 Å². The standard InChI is InChI=1S/C15H14N4O/c1-19(10-13-4-2-3-7-16-13)15(20)11-5-6-12-9-17-18-14(12)8-11/h2-9H,10H2,1H3,(H,17,18). The van der Waals surface area contributed by atoms with E-state index in [1.54, 1.807) is 24.3 Å². The van der Waals surface area contributed by atoms with Gasteiger partial charge in [0.2, 0.25) is 0 Å². The summed E-state index contributed by atoms with van der Waals surface area (Å²) in [6.45, 7) is 0.487. The van der Waals surface area contributed by atoms with E-state index in [0.29, 0.717) is 12.1 Å². The summed E-state index contributed by atoms with van der Waals surface area (Å²) in [5, 5.41) is 7.82. The number of H-pyrrole nitrogens is 1. The van der Waals surface area contributed by atoms with Crippen molar-refractivity contribution >= 4 is 16.8 Å². The molecule has 0 spiro atoms. The maximum atomic E-state index is 12.4. The number of carbonyl (C=O) groups is 1. The van der Waals surface area contributed by atoms with Crippen LogP contribution >= 0.6 is 0 Å². The van der Waals surface area contributed by atoms with Gasteiger partial charge in [0, 0.05) is 24.2 Å². The van der Waals surface area contributed by atoms with Crippen molar-refractivity contribution in [2.75, 3.05) is 7.05 Å². The molecule has 100 valence electrons. The third-order valence-corrected chi connectivity index (χ3v) is 3.16. The molecule has 1 aromatic carbocycles. The molecule has 20 heavy (non-hydrogen) atoms. The molecule has 0 fully saturated rings. The summed E-state index contributed by atoms with van der Waals surface area (Å²) in [6, 6.07) is 11.2. The summed E-state index contributed by atoms with van der Waals surface area (Å²) in [5.41, 5.74) is 2.37. The predicted molar refractivity (Wildman–Crippen MR) is 76.1 cm³/mol. The number of aromatic amines is 1. The van der Waals surface area contributed by atoms with Crippen LogP contribution in [0.5, 0.6) is 0 Å². The summed E-state index contributed by atoms with van der Waals surface area (Å²) in [6.07, 6.45) is 3.46. The van der Waals surface area contributed by atoms with E-state index in [1.165, 1.54) is 0 Å². The van der Waals surface area contributed by atoms with Gasteiger partial charge in [0.25, 0.3) is 5.91 Å². The van der Waals surface area contributed by atoms with E-state index in [0.717, 1.165) is 16.6 Å². The van der Waals surface area contributed by atoms with Crippen LogP contribution in [0.3, 0.4) is 0 Å². The number of pyridine rings is 1. The average Bonchev–Trinajstić information content (AvgIpc) is 2.94. The molecule has 0 bridgehead atoms. The van der Waals surface area contributed by atoms with E-state index in [1.807, 2.05) is 36.4 Å². The molecule has 0 saturated carbocycles. The first-order valence-corrected chi connectivity index (χ1v) is 6.32. The molecule has 5 heteroatoms. The summed E-state index contributed by atoms with van der Waals surface area (Å²) in [4.78, 5) is 18.3. The number of nitrogens with one attached hydrogen (secondary N) is 1. The fraction of sp³-hybridized carbons (Fsp3) is 0.133. The molecule has 1 amide bonds. The number of hydrogen-bond acceptors (Lipinski definition) is 3. The van der Waals surface area contributed by atoms with Crippen molar-refractivity contribution in [1.29, 1.82) is 0 Å². The monoisotopic (exact) mass is 266 g/mol. The molecule has 3 aromatic rings. The first-order valence-electron chi connectivity index (χ1n) is 6.32. The molecule has 0 saturated heterocycles. The molecule has 0 atom stereocenters. The average molecular weight is 266 g/mol. The fourth-order valence-electron chi connectivity index (χ4n) is 2.10. The summed E-state index contributed by atoms with van der Waals surface area (Å²) < 4.78 is 0. The minimum Gasteiger partial charge on any atom is -0.336 e. The van der Waals surface area contributed by atoms with Gasteiger partial charge in [-0.15, -0.1) is 0 Å². The SMILES string of the molecule is CN(Cc1ccccn1)C(=O)c1ccc2cn[nH]c2c1. The van der Waals surface area contributed by atoms with Gasteiger partial charge in [-0.1, -0.05) is 12.1 Å². The Morgan fingerprint density at radius 1 is 1.30 bits per heavy atom. The Morgan fingerprint density at radius 2 is 2.20 bits per heavy atom. The van der Waals surface area contributed by atoms with Crippen molar-refractivity contribution in [2.45, 2.75) is 6.54 Å². The Morgan fingerprint density at radius 3 is 3.00 bits per heavy atom. The fourth-order valence-corrected chi connectivity index (χ4v) is 2.10. The second-order valence-corrected chi connectivity index (χ2v) is 4.65. The molecule has 0 aliphatic rings. The van der Waals surface area contributed by atoms with Crippen LogP contribution in [0.1, 0.15) is 16.1 Å². The van der Waals surface area contributed by atoms with Gasteiger partial charge in [-0.2, -0.15) is 5.10 Å². The molecule has 0 unspecified atom stereocenters. The third kappa shape index (κ3) is 2.38. The lowest BCUT2D eigenvalue weighted by Gasteiger charge is -2.16. The number of amides is 1. The minimum absolute atomic E-state index is 0.0350. The smallest absolute Gasteiger partial charge is 0.254 e. The van der Waals surface area contributed by atoms with Crippen LogP contribution in [0, 0.1) is 0 Å². The highest BCUT2D eigenvalue weighted by Crippen LogP contribution is 2.14. The van der Waals surface area contributed by atoms with Gasteiger partial charge in [-0.3, -0.25) is 14.9 Å². The molecule has 0 radical (unpaired) electrons. The highest BCUT2D eigenvalue weighted by Gasteiger charge is 2.13. The number of fused-ring (bicyclic) bond motifs is 1. The van der Waals surface area contributed by atoms with E-state index in [9.17, 15) is 4.79 Å². The van der Waals surface area contributed by atoms with Crippen LogP contribution in [0.25, 0.3) is 10.9 Å². The number of nitrogens with zero attached hydrogens (tertiary/aromatic N) is 3. The van der Waals surface area contributed by atoms with Gasteiger partial charge in [-0.05, 0) is 24.3 Å². The predicted octanol–water partition coefficient (Wildman–Crippen LogP) is 2.23. The number of rotatable bonds is 3. The van der Waals surface area contributed by atoms with Crippen molar-refractivity contribution in [2.24, 2.45) is 0 Å². The lowest BCUT2D eigenvalue weighted by molar-refractivity contribution is 0.0783. The Labute approximate surface area is 116 Å². The molecule has 2 aromatic heterocycles. The second kappa shape index (κ2) is 5.13. The van der Waals surface area contributed by atoms with Gasteiger partial charge in [0.15, 0.2) is 0 Å². The lowest BCUT2D eigenvalue weighted by atomic mass is 10.1. The molecule has 3 rings (SSSR count). The van der Waals surface area contributed by atoms with E-state index in [4.69, 9.17) is 0 Å². The van der Waals surface area contributed by atoms with Crippen molar-refractivity contribution in [3.05, 3.63) is 60.0 Å². The number of aromatic nitrogens is 3. The topological polar surface area (TPSA) is 61.9 Å². The molecule has 0 aliphatic heterocycles. The van der Waals surface area contributed by atoms with Crippen LogP contribution in [-0.2, 0) is 6.54 Å². The zero-order valence-electron chi connectivity index (χ0n) is 11.1. The van der Waals surface area contributed by atoms with Crippen LogP contribution in [-0.4, -0.2) is 33.0 Å². The van der Waals surface area contributed by atoms with Gasteiger partial charge >= 0.3 is 0 Å². The van der Waals surface area contributed by atoms with Crippen molar-refractivity contribution < 1.29 is 4.79 Å². The molecule has 2 heterocycles. The van der Waals surface area contributed by atoms with Crippen molar-refractivity contribution in [1.82, 2.24) is 20.1 Å². The van der Waals surface area contributed by atoms with E-state index < -0.39 is 0 Å². The summed E-state index contributed by atoms with van der Waals surface area (Å²) in [5.74, 6) is -0.0350. The van der Waals surface area contributed by atoms with Crippen LogP contribution in [0.2, 0.25) is 0 Å². The van der Waals surface area contributed by atoms with Crippen LogP contribution < -0.4 is 0 Å². The molecular formula is C15H14N4O. The van der Waals surface area contributed by atoms with E-state index in [-0.39, 0.29) is 5.91 Å². The van der Waals surface area contributed by atoms with Crippen molar-refractivity contribution in [3.63, 3.8) is 0 Å². The zero-order chi connectivity index (χ0) is 13.9. The van der Waals surface area contributed by atoms with Gasteiger partial charge in [-0.25, -0.2) is 0 Å². The van der Waals surface area contributed by atoms with E-state index >= 15 is 0 Å². The highest BCUT2D eigenvalue weighted by molar-refractivity contribution is 5.97. The van der Waals surface area contributed by atoms with Crippen LogP contribution in [0.4, 0.5) is 0 Å². The van der Waals surface area contributed by atoms with E-state index in [2.05, 4.69) is 15.2 Å². The molecule has 0 aliphatic carbocycles. The Bertz CT molecular complexity index is 736. The second-order valence-electron chi connectivity index (χ2n) is 4.65. The maximum absolute atomic E-state index is 12.4. The third-order valence-electron chi connectivity index (χ3n) is 3.16. The molecular weight excluding hydrogens is 252 g/mol.